The minimum absolute atomic E-state index is 0.187. The molecule has 1 rings (SSSR count). The second-order valence-corrected chi connectivity index (χ2v) is 4.00. The first-order valence-corrected chi connectivity index (χ1v) is 4.87. The number of aliphatic hydroxyl groups is 2. The summed E-state index contributed by atoms with van der Waals surface area (Å²) < 4.78 is 10.6. The average Bonchev–Trinajstić information content (AvgIpc) is 2.40. The van der Waals surface area contributed by atoms with Gasteiger partial charge >= 0.3 is 0 Å². The molecule has 4 nitrogen and oxygen atoms in total. The van der Waals surface area contributed by atoms with E-state index in [0.29, 0.717) is 12.5 Å². The predicted octanol–water partition coefficient (Wildman–Crippen LogP) is -0.726. The molecular weight excluding hydrogens is 183 g/mol. The molecule has 2 radical (unpaired) electrons. The molecular formula is C9H17BO4. The van der Waals surface area contributed by atoms with Gasteiger partial charge in [-0.15, -0.1) is 0 Å². The molecule has 0 aromatic rings. The van der Waals surface area contributed by atoms with Crippen LogP contribution in [0.3, 0.4) is 0 Å². The van der Waals surface area contributed by atoms with Gasteiger partial charge in [-0.05, 0) is 5.92 Å². The first kappa shape index (κ1) is 12.0. The lowest BCUT2D eigenvalue weighted by Gasteiger charge is -2.20. The highest BCUT2D eigenvalue weighted by Crippen LogP contribution is 2.22. The molecule has 0 spiro atoms. The third kappa shape index (κ3) is 2.70. The summed E-state index contributed by atoms with van der Waals surface area (Å²) in [4.78, 5) is 0. The van der Waals surface area contributed by atoms with Crippen molar-refractivity contribution in [3.05, 3.63) is 0 Å². The van der Waals surface area contributed by atoms with Gasteiger partial charge in [0.2, 0.25) is 0 Å². The zero-order valence-electron chi connectivity index (χ0n) is 8.59. The van der Waals surface area contributed by atoms with E-state index in [-0.39, 0.29) is 6.61 Å². The standard InChI is InChI=1S/C9H17BO4/c1-5(2)4-13-8-6(3-11)14-9(10)7(8)12/h5-9,11-12H,3-4H2,1-2H3/t6-,7?,8+,9-/m1/s1. The van der Waals surface area contributed by atoms with Gasteiger partial charge in [0, 0.05) is 12.6 Å². The van der Waals surface area contributed by atoms with Crippen molar-refractivity contribution in [2.24, 2.45) is 5.92 Å². The maximum atomic E-state index is 9.59. The van der Waals surface area contributed by atoms with Crippen LogP contribution in [0.1, 0.15) is 13.8 Å². The predicted molar refractivity (Wildman–Crippen MR) is 52.1 cm³/mol. The number of hydrogen-bond donors (Lipinski definition) is 2. The van der Waals surface area contributed by atoms with Gasteiger partial charge in [0.25, 0.3) is 0 Å². The van der Waals surface area contributed by atoms with Crippen LogP contribution in [0.25, 0.3) is 0 Å². The number of rotatable bonds is 4. The lowest BCUT2D eigenvalue weighted by molar-refractivity contribution is -0.0606. The van der Waals surface area contributed by atoms with Crippen molar-refractivity contribution in [1.82, 2.24) is 0 Å². The number of hydrogen-bond acceptors (Lipinski definition) is 4. The van der Waals surface area contributed by atoms with Crippen LogP contribution in [-0.2, 0) is 9.47 Å². The molecule has 2 N–H and O–H groups in total. The fourth-order valence-corrected chi connectivity index (χ4v) is 1.42. The molecule has 1 saturated heterocycles. The Morgan fingerprint density at radius 1 is 1.50 bits per heavy atom. The zero-order valence-corrected chi connectivity index (χ0v) is 8.59. The van der Waals surface area contributed by atoms with Crippen molar-refractivity contribution >= 4 is 7.85 Å². The van der Waals surface area contributed by atoms with E-state index >= 15 is 0 Å². The lowest BCUT2D eigenvalue weighted by Crippen LogP contribution is -2.37. The van der Waals surface area contributed by atoms with Crippen molar-refractivity contribution in [2.75, 3.05) is 13.2 Å². The SMILES string of the molecule is [B][C@@H]1O[C@H](CO)[C@H](OCC(C)C)C1O. The largest absolute Gasteiger partial charge is 0.394 e. The van der Waals surface area contributed by atoms with Gasteiger partial charge in [-0.3, -0.25) is 0 Å². The van der Waals surface area contributed by atoms with E-state index in [0.717, 1.165) is 0 Å². The topological polar surface area (TPSA) is 58.9 Å². The van der Waals surface area contributed by atoms with Crippen molar-refractivity contribution in [3.63, 3.8) is 0 Å². The van der Waals surface area contributed by atoms with Crippen LogP contribution in [0.15, 0.2) is 0 Å². The van der Waals surface area contributed by atoms with Gasteiger partial charge in [0.15, 0.2) is 0 Å². The van der Waals surface area contributed by atoms with E-state index in [9.17, 15) is 5.11 Å². The smallest absolute Gasteiger partial charge is 0.113 e. The Morgan fingerprint density at radius 3 is 2.64 bits per heavy atom. The third-order valence-electron chi connectivity index (χ3n) is 2.17. The second kappa shape index (κ2) is 5.12. The first-order valence-electron chi connectivity index (χ1n) is 4.87. The fraction of sp³-hybridized carbons (Fsp3) is 1.00. The average molecular weight is 200 g/mol. The van der Waals surface area contributed by atoms with Gasteiger partial charge in [0.05, 0.1) is 6.61 Å². The summed E-state index contributed by atoms with van der Waals surface area (Å²) in [5.74, 6) is 0.373. The normalized spacial score (nSPS) is 38.1. The fourth-order valence-electron chi connectivity index (χ4n) is 1.42. The summed E-state index contributed by atoms with van der Waals surface area (Å²) in [6.07, 6.45) is -1.89. The van der Waals surface area contributed by atoms with E-state index < -0.39 is 24.3 Å². The van der Waals surface area contributed by atoms with Gasteiger partial charge in [-0.1, -0.05) is 13.8 Å². The Hall–Kier alpha value is -0.0951. The van der Waals surface area contributed by atoms with Crippen LogP contribution in [-0.4, -0.2) is 55.6 Å². The lowest BCUT2D eigenvalue weighted by atomic mass is 9.93. The van der Waals surface area contributed by atoms with Crippen molar-refractivity contribution in [3.8, 4) is 0 Å². The summed E-state index contributed by atoms with van der Waals surface area (Å²) in [7, 11) is 5.48. The Morgan fingerprint density at radius 2 is 2.14 bits per heavy atom. The maximum Gasteiger partial charge on any atom is 0.113 e. The molecule has 0 saturated carbocycles. The van der Waals surface area contributed by atoms with Crippen LogP contribution in [0.5, 0.6) is 0 Å². The minimum Gasteiger partial charge on any atom is -0.394 e. The van der Waals surface area contributed by atoms with Crippen molar-refractivity contribution in [2.45, 2.75) is 38.2 Å². The summed E-state index contributed by atoms with van der Waals surface area (Å²) in [5.41, 5.74) is 0. The maximum absolute atomic E-state index is 9.59. The summed E-state index contributed by atoms with van der Waals surface area (Å²) in [6, 6.07) is -0.760. The van der Waals surface area contributed by atoms with Gasteiger partial charge in [0.1, 0.15) is 26.2 Å². The highest BCUT2D eigenvalue weighted by molar-refractivity contribution is 6.11. The van der Waals surface area contributed by atoms with Crippen LogP contribution >= 0.6 is 0 Å². The zero-order chi connectivity index (χ0) is 10.7. The van der Waals surface area contributed by atoms with Crippen LogP contribution in [0.4, 0.5) is 0 Å². The van der Waals surface area contributed by atoms with Crippen LogP contribution in [0.2, 0.25) is 0 Å². The summed E-state index contributed by atoms with van der Waals surface area (Å²) in [5, 5.41) is 18.6. The van der Waals surface area contributed by atoms with Gasteiger partial charge in [-0.25, -0.2) is 0 Å². The molecule has 4 atom stereocenters. The summed E-state index contributed by atoms with van der Waals surface area (Å²) >= 11 is 0. The van der Waals surface area contributed by atoms with Crippen LogP contribution < -0.4 is 0 Å². The number of aliphatic hydroxyl groups excluding tert-OH is 2. The second-order valence-electron chi connectivity index (χ2n) is 4.00. The Labute approximate surface area is 85.6 Å². The molecule has 1 fully saturated rings. The Balaban J connectivity index is 2.46. The van der Waals surface area contributed by atoms with Gasteiger partial charge in [-0.2, -0.15) is 0 Å². The molecule has 1 aliphatic heterocycles. The molecule has 5 heteroatoms. The molecule has 0 aromatic carbocycles. The molecule has 1 unspecified atom stereocenters. The van der Waals surface area contributed by atoms with Crippen molar-refractivity contribution < 1.29 is 19.7 Å². The molecule has 0 amide bonds. The monoisotopic (exact) mass is 200 g/mol. The third-order valence-corrected chi connectivity index (χ3v) is 2.17. The molecule has 0 aromatic heterocycles. The summed E-state index contributed by atoms with van der Waals surface area (Å²) in [6.45, 7) is 4.36. The number of ether oxygens (including phenoxy) is 2. The van der Waals surface area contributed by atoms with E-state index in [1.807, 2.05) is 13.8 Å². The first-order chi connectivity index (χ1) is 6.56. The Kier molecular flexibility index (Phi) is 4.38. The van der Waals surface area contributed by atoms with E-state index in [4.69, 9.17) is 22.4 Å². The molecule has 0 aliphatic carbocycles. The van der Waals surface area contributed by atoms with Gasteiger partial charge < -0.3 is 19.7 Å². The highest BCUT2D eigenvalue weighted by Gasteiger charge is 2.41. The quantitative estimate of drug-likeness (QED) is 0.587. The molecule has 80 valence electrons. The molecule has 1 heterocycles. The van der Waals surface area contributed by atoms with E-state index in [1.165, 1.54) is 0 Å². The molecule has 1 aliphatic rings. The minimum atomic E-state index is -0.856. The van der Waals surface area contributed by atoms with E-state index in [2.05, 4.69) is 0 Å². The van der Waals surface area contributed by atoms with E-state index in [1.54, 1.807) is 0 Å². The van der Waals surface area contributed by atoms with Crippen molar-refractivity contribution in [1.29, 1.82) is 0 Å². The molecule has 0 bridgehead atoms. The Bertz CT molecular complexity index is 176. The highest BCUT2D eigenvalue weighted by atomic mass is 16.6. The van der Waals surface area contributed by atoms with Crippen LogP contribution in [0, 0.1) is 5.92 Å². The molecule has 14 heavy (non-hydrogen) atoms.